The Hall–Kier alpha value is -1.09. The van der Waals surface area contributed by atoms with Crippen molar-refractivity contribution in [2.75, 3.05) is 0 Å². The van der Waals surface area contributed by atoms with E-state index in [1.807, 2.05) is 13.0 Å². The fourth-order valence-electron chi connectivity index (χ4n) is 2.08. The predicted molar refractivity (Wildman–Crippen MR) is 61.9 cm³/mol. The van der Waals surface area contributed by atoms with Crippen LogP contribution in [0.4, 0.5) is 4.39 Å². The average molecular weight is 223 g/mol. The van der Waals surface area contributed by atoms with Gasteiger partial charge in [0, 0.05) is 6.04 Å². The van der Waals surface area contributed by atoms with Gasteiger partial charge < -0.3 is 10.5 Å². The molecule has 2 rings (SSSR count). The van der Waals surface area contributed by atoms with E-state index in [-0.39, 0.29) is 18.0 Å². The Bertz CT molecular complexity index is 359. The molecule has 3 heteroatoms. The maximum absolute atomic E-state index is 13.7. The van der Waals surface area contributed by atoms with E-state index in [4.69, 9.17) is 10.5 Å². The third-order valence-electron chi connectivity index (χ3n) is 3.08. The molecule has 1 aliphatic rings. The molecule has 1 aromatic rings. The zero-order valence-corrected chi connectivity index (χ0v) is 9.58. The van der Waals surface area contributed by atoms with Gasteiger partial charge in [-0.3, -0.25) is 0 Å². The van der Waals surface area contributed by atoms with Crippen molar-refractivity contribution < 1.29 is 9.13 Å². The first-order chi connectivity index (χ1) is 7.66. The lowest BCUT2D eigenvalue weighted by molar-refractivity contribution is 0.200. The topological polar surface area (TPSA) is 35.2 Å². The number of hydrogen-bond donors (Lipinski definition) is 1. The first kappa shape index (κ1) is 11.4. The fourth-order valence-corrected chi connectivity index (χ4v) is 2.08. The third kappa shape index (κ3) is 2.53. The summed E-state index contributed by atoms with van der Waals surface area (Å²) in [6.45, 7) is 1.84. The molecular weight excluding hydrogens is 205 g/mol. The Morgan fingerprint density at radius 2 is 2.06 bits per heavy atom. The van der Waals surface area contributed by atoms with E-state index in [2.05, 4.69) is 0 Å². The molecule has 16 heavy (non-hydrogen) atoms. The van der Waals surface area contributed by atoms with Gasteiger partial charge in [-0.25, -0.2) is 4.39 Å². The van der Waals surface area contributed by atoms with E-state index in [9.17, 15) is 4.39 Å². The summed E-state index contributed by atoms with van der Waals surface area (Å²) in [6, 6.07) is 4.84. The first-order valence-electron chi connectivity index (χ1n) is 5.88. The summed E-state index contributed by atoms with van der Waals surface area (Å²) in [5.41, 5.74) is 6.49. The van der Waals surface area contributed by atoms with Crippen LogP contribution in [0.2, 0.25) is 0 Å². The van der Waals surface area contributed by atoms with E-state index < -0.39 is 0 Å². The molecule has 0 amide bonds. The van der Waals surface area contributed by atoms with E-state index in [0.717, 1.165) is 18.4 Å². The highest BCUT2D eigenvalue weighted by molar-refractivity contribution is 5.30. The van der Waals surface area contributed by atoms with Crippen molar-refractivity contribution in [3.05, 3.63) is 29.6 Å². The van der Waals surface area contributed by atoms with Crippen LogP contribution < -0.4 is 10.5 Å². The van der Waals surface area contributed by atoms with Gasteiger partial charge in [0.15, 0.2) is 11.6 Å². The standard InChI is InChI=1S/C13H18FNO/c1-9(15)10-6-7-13(12(14)8-10)16-11-4-2-3-5-11/h6-9,11H,2-5,15H2,1H3. The van der Waals surface area contributed by atoms with Crippen molar-refractivity contribution >= 4 is 0 Å². The van der Waals surface area contributed by atoms with E-state index in [1.54, 1.807) is 6.07 Å². The van der Waals surface area contributed by atoms with Crippen LogP contribution in [0.15, 0.2) is 18.2 Å². The number of halogens is 1. The van der Waals surface area contributed by atoms with E-state index in [1.165, 1.54) is 18.9 Å². The second-order valence-corrected chi connectivity index (χ2v) is 4.50. The van der Waals surface area contributed by atoms with E-state index in [0.29, 0.717) is 5.75 Å². The van der Waals surface area contributed by atoms with Crippen molar-refractivity contribution in [1.29, 1.82) is 0 Å². The largest absolute Gasteiger partial charge is 0.487 e. The molecule has 0 spiro atoms. The van der Waals surface area contributed by atoms with Crippen molar-refractivity contribution in [3.63, 3.8) is 0 Å². The smallest absolute Gasteiger partial charge is 0.165 e. The molecular formula is C13H18FNO. The normalized spacial score (nSPS) is 18.7. The van der Waals surface area contributed by atoms with Crippen molar-refractivity contribution in [1.82, 2.24) is 0 Å². The number of benzene rings is 1. The summed E-state index contributed by atoms with van der Waals surface area (Å²) in [5.74, 6) is 0.0537. The second kappa shape index (κ2) is 4.83. The lowest BCUT2D eigenvalue weighted by Crippen LogP contribution is -2.12. The minimum absolute atomic E-state index is 0.143. The van der Waals surface area contributed by atoms with Gasteiger partial charge in [-0.05, 0) is 50.3 Å². The molecule has 0 aromatic heterocycles. The second-order valence-electron chi connectivity index (χ2n) is 4.50. The Kier molecular flexibility index (Phi) is 3.44. The van der Waals surface area contributed by atoms with Crippen LogP contribution in [-0.2, 0) is 0 Å². The summed E-state index contributed by atoms with van der Waals surface area (Å²) in [4.78, 5) is 0. The van der Waals surface area contributed by atoms with E-state index >= 15 is 0 Å². The fraction of sp³-hybridized carbons (Fsp3) is 0.538. The lowest BCUT2D eigenvalue weighted by Gasteiger charge is -2.15. The molecule has 0 aliphatic heterocycles. The Morgan fingerprint density at radius 3 is 2.62 bits per heavy atom. The molecule has 0 bridgehead atoms. The van der Waals surface area contributed by atoms with Crippen LogP contribution in [0.1, 0.15) is 44.2 Å². The molecule has 1 aromatic carbocycles. The third-order valence-corrected chi connectivity index (χ3v) is 3.08. The highest BCUT2D eigenvalue weighted by Gasteiger charge is 2.18. The molecule has 88 valence electrons. The maximum atomic E-state index is 13.7. The first-order valence-corrected chi connectivity index (χ1v) is 5.88. The lowest BCUT2D eigenvalue weighted by atomic mass is 10.1. The van der Waals surface area contributed by atoms with Crippen LogP contribution in [0.3, 0.4) is 0 Å². The van der Waals surface area contributed by atoms with Gasteiger partial charge in [0.1, 0.15) is 0 Å². The van der Waals surface area contributed by atoms with Crippen molar-refractivity contribution in [3.8, 4) is 5.75 Å². The SMILES string of the molecule is CC(N)c1ccc(OC2CCCC2)c(F)c1. The van der Waals surface area contributed by atoms with Crippen molar-refractivity contribution in [2.24, 2.45) is 5.73 Å². The molecule has 2 nitrogen and oxygen atoms in total. The Morgan fingerprint density at radius 1 is 1.38 bits per heavy atom. The minimum Gasteiger partial charge on any atom is -0.487 e. The number of hydrogen-bond acceptors (Lipinski definition) is 2. The summed E-state index contributed by atoms with van der Waals surface area (Å²) < 4.78 is 19.3. The monoisotopic (exact) mass is 223 g/mol. The predicted octanol–water partition coefficient (Wildman–Crippen LogP) is 3.17. The quantitative estimate of drug-likeness (QED) is 0.854. The summed E-state index contributed by atoms with van der Waals surface area (Å²) >= 11 is 0. The van der Waals surface area contributed by atoms with Gasteiger partial charge in [-0.2, -0.15) is 0 Å². The molecule has 0 saturated heterocycles. The van der Waals surface area contributed by atoms with Crippen LogP contribution in [0.5, 0.6) is 5.75 Å². The highest BCUT2D eigenvalue weighted by Crippen LogP contribution is 2.27. The number of nitrogens with two attached hydrogens (primary N) is 1. The average Bonchev–Trinajstić information content (AvgIpc) is 2.73. The van der Waals surface area contributed by atoms with Gasteiger partial charge in [0.2, 0.25) is 0 Å². The number of ether oxygens (including phenoxy) is 1. The van der Waals surface area contributed by atoms with Crippen LogP contribution in [0, 0.1) is 5.82 Å². The Labute approximate surface area is 95.6 Å². The van der Waals surface area contributed by atoms with Crippen LogP contribution >= 0.6 is 0 Å². The molecule has 2 N–H and O–H groups in total. The van der Waals surface area contributed by atoms with Gasteiger partial charge in [-0.1, -0.05) is 6.07 Å². The summed E-state index contributed by atoms with van der Waals surface area (Å²) in [6.07, 6.45) is 4.63. The summed E-state index contributed by atoms with van der Waals surface area (Å²) in [5, 5.41) is 0. The van der Waals surface area contributed by atoms with Crippen molar-refractivity contribution in [2.45, 2.75) is 44.8 Å². The Balaban J connectivity index is 2.09. The molecule has 1 unspecified atom stereocenters. The molecule has 0 heterocycles. The van der Waals surface area contributed by atoms with Gasteiger partial charge in [0.05, 0.1) is 6.10 Å². The minimum atomic E-state index is -0.304. The molecule has 1 aliphatic carbocycles. The maximum Gasteiger partial charge on any atom is 0.165 e. The zero-order valence-electron chi connectivity index (χ0n) is 9.58. The van der Waals surface area contributed by atoms with Crippen LogP contribution in [0.25, 0.3) is 0 Å². The number of rotatable bonds is 3. The molecule has 1 atom stereocenters. The highest BCUT2D eigenvalue weighted by atomic mass is 19.1. The van der Waals surface area contributed by atoms with Gasteiger partial charge in [-0.15, -0.1) is 0 Å². The van der Waals surface area contributed by atoms with Gasteiger partial charge in [0.25, 0.3) is 0 Å². The summed E-state index contributed by atoms with van der Waals surface area (Å²) in [7, 11) is 0. The zero-order chi connectivity index (χ0) is 11.5. The molecule has 1 fully saturated rings. The molecule has 1 saturated carbocycles. The molecule has 0 radical (unpaired) electrons. The van der Waals surface area contributed by atoms with Crippen LogP contribution in [-0.4, -0.2) is 6.10 Å². The van der Waals surface area contributed by atoms with Gasteiger partial charge >= 0.3 is 0 Å².